The highest BCUT2D eigenvalue weighted by molar-refractivity contribution is 6.34. The number of carbonyl (C=O) groups is 3. The number of urea groups is 1. The van der Waals surface area contributed by atoms with E-state index in [0.29, 0.717) is 43.7 Å². The summed E-state index contributed by atoms with van der Waals surface area (Å²) >= 11 is 6.51. The molecule has 1 aliphatic carbocycles. The van der Waals surface area contributed by atoms with Crippen LogP contribution in [-0.4, -0.2) is 108 Å². The lowest BCUT2D eigenvalue weighted by atomic mass is 10.1. The molecule has 2 aromatic heterocycles. The van der Waals surface area contributed by atoms with Gasteiger partial charge < -0.3 is 35.4 Å². The number of imidazole rings is 1. The topological polar surface area (TPSA) is 150 Å². The van der Waals surface area contributed by atoms with Gasteiger partial charge in [-0.15, -0.1) is 0 Å². The van der Waals surface area contributed by atoms with Gasteiger partial charge >= 0.3 is 12.2 Å². The Morgan fingerprint density at radius 1 is 1.12 bits per heavy atom. The number of halogens is 6. The minimum absolute atomic E-state index is 0.0460. The van der Waals surface area contributed by atoms with Crippen molar-refractivity contribution >= 4 is 35.1 Å². The first kappa shape index (κ1) is 33.2. The Kier molecular flexibility index (Phi) is 8.10. The molecule has 7 rings (SSSR count). The number of anilines is 1. The summed E-state index contributed by atoms with van der Waals surface area (Å²) < 4.78 is 70.2. The van der Waals surface area contributed by atoms with Crippen molar-refractivity contribution in [3.63, 3.8) is 0 Å². The summed E-state index contributed by atoms with van der Waals surface area (Å²) in [4.78, 5) is 47.0. The number of nitrogens with one attached hydrogen (secondary N) is 3. The third-order valence-corrected chi connectivity index (χ3v) is 9.84. The van der Waals surface area contributed by atoms with E-state index in [1.807, 2.05) is 0 Å². The zero-order valence-electron chi connectivity index (χ0n) is 25.8. The molecule has 0 radical (unpaired) electrons. The normalized spacial score (nSPS) is 25.8. The lowest BCUT2D eigenvalue weighted by Gasteiger charge is -2.41. The molecule has 4 fully saturated rings. The van der Waals surface area contributed by atoms with Crippen molar-refractivity contribution in [3.8, 4) is 11.3 Å². The Hall–Kier alpha value is -4.29. The van der Waals surface area contributed by atoms with Crippen LogP contribution < -0.4 is 16.0 Å². The fraction of sp³-hybridized carbons (Fsp3) is 0.500. The molecule has 3 aromatic rings. The molecule has 3 saturated heterocycles. The van der Waals surface area contributed by atoms with E-state index in [-0.39, 0.29) is 57.9 Å². The van der Waals surface area contributed by atoms with Crippen LogP contribution in [0.4, 0.5) is 32.4 Å². The number of aliphatic hydroxyl groups excluding tert-OH is 1. The third-order valence-electron chi connectivity index (χ3n) is 9.53. The number of aliphatic hydroxyl groups is 1. The van der Waals surface area contributed by atoms with Crippen LogP contribution in [0.3, 0.4) is 0 Å². The average molecular weight is 712 g/mol. The van der Waals surface area contributed by atoms with Gasteiger partial charge in [-0.1, -0.05) is 11.6 Å². The second-order valence-corrected chi connectivity index (χ2v) is 13.2. The zero-order chi connectivity index (χ0) is 35.0. The molecule has 5 atom stereocenters. The zero-order valence-corrected chi connectivity index (χ0v) is 26.6. The number of carbonyl (C=O) groups excluding carboxylic acids is 3. The molecular formula is C30H31ClF5N9O4. The van der Waals surface area contributed by atoms with Crippen LogP contribution in [0.25, 0.3) is 11.3 Å². The van der Waals surface area contributed by atoms with Crippen LogP contribution in [-0.2, 0) is 13.2 Å². The number of hydrogen-bond acceptors (Lipinski definition) is 7. The second kappa shape index (κ2) is 11.9. The number of aromatic nitrogens is 4. The van der Waals surface area contributed by atoms with Crippen LogP contribution in [0.15, 0.2) is 30.6 Å². The van der Waals surface area contributed by atoms with E-state index in [1.165, 1.54) is 25.2 Å². The summed E-state index contributed by atoms with van der Waals surface area (Å²) in [5.41, 5.74) is -1.67. The van der Waals surface area contributed by atoms with Gasteiger partial charge in [0.2, 0.25) is 0 Å². The molecule has 1 aromatic carbocycles. The van der Waals surface area contributed by atoms with Gasteiger partial charge in [0.25, 0.3) is 17.7 Å². The van der Waals surface area contributed by atoms with E-state index in [9.17, 15) is 41.4 Å². The number of likely N-dealkylation sites (tertiary alicyclic amines) is 1. The van der Waals surface area contributed by atoms with Crippen molar-refractivity contribution in [1.82, 2.24) is 39.8 Å². The Morgan fingerprint density at radius 2 is 1.82 bits per heavy atom. The number of benzene rings is 1. The molecule has 4 N–H and O–H groups in total. The minimum atomic E-state index is -4.95. The molecular weight excluding hydrogens is 681 g/mol. The van der Waals surface area contributed by atoms with E-state index < -0.39 is 47.8 Å². The highest BCUT2D eigenvalue weighted by atomic mass is 35.5. The predicted molar refractivity (Wildman–Crippen MR) is 163 cm³/mol. The van der Waals surface area contributed by atoms with E-state index in [0.717, 1.165) is 17.0 Å². The monoisotopic (exact) mass is 711 g/mol. The number of piperazine rings is 1. The van der Waals surface area contributed by atoms with Crippen molar-refractivity contribution in [3.05, 3.63) is 52.7 Å². The summed E-state index contributed by atoms with van der Waals surface area (Å²) in [5.74, 6) is -4.56. The molecule has 4 amide bonds. The Labute approximate surface area is 280 Å². The summed E-state index contributed by atoms with van der Waals surface area (Å²) in [6, 6.07) is 1.63. The van der Waals surface area contributed by atoms with Crippen molar-refractivity contribution < 1.29 is 41.4 Å². The van der Waals surface area contributed by atoms with E-state index in [2.05, 4.69) is 26.0 Å². The van der Waals surface area contributed by atoms with Crippen molar-refractivity contribution in [2.24, 2.45) is 7.05 Å². The van der Waals surface area contributed by atoms with Crippen LogP contribution in [0.2, 0.25) is 5.02 Å². The van der Waals surface area contributed by atoms with Crippen LogP contribution in [0.5, 0.6) is 0 Å². The third kappa shape index (κ3) is 6.09. The van der Waals surface area contributed by atoms with Crippen molar-refractivity contribution in [2.45, 2.75) is 61.6 Å². The van der Waals surface area contributed by atoms with Crippen LogP contribution in [0, 0.1) is 0 Å². The lowest BCUT2D eigenvalue weighted by molar-refractivity contribution is -0.141. The predicted octanol–water partition coefficient (Wildman–Crippen LogP) is 3.12. The smallest absolute Gasteiger partial charge is 0.390 e. The molecule has 4 aliphatic rings. The fourth-order valence-electron chi connectivity index (χ4n) is 6.86. The Balaban J connectivity index is 1.03. The number of nitrogens with zero attached hydrogens (tertiary/aromatic N) is 6. The number of fused-ring (bicyclic) bond motifs is 2. The second-order valence-electron chi connectivity index (χ2n) is 12.8. The first-order valence-electron chi connectivity index (χ1n) is 15.6. The number of rotatable bonds is 6. The molecule has 19 heteroatoms. The Morgan fingerprint density at radius 3 is 2.41 bits per heavy atom. The fourth-order valence-corrected chi connectivity index (χ4v) is 7.12. The van der Waals surface area contributed by atoms with Gasteiger partial charge in [0, 0.05) is 51.5 Å². The summed E-state index contributed by atoms with van der Waals surface area (Å²) in [5, 5.41) is 21.9. The van der Waals surface area contributed by atoms with E-state index >= 15 is 0 Å². The average Bonchev–Trinajstić information content (AvgIpc) is 3.51. The summed E-state index contributed by atoms with van der Waals surface area (Å²) in [6.45, 7) is 1.51. The van der Waals surface area contributed by atoms with Gasteiger partial charge in [0.15, 0.2) is 11.5 Å². The molecule has 5 heterocycles. The minimum Gasteiger partial charge on any atom is -0.390 e. The number of β-amino-alcohol motifs (C(OH)–C–C–N with tert-alkyl or cyclic N) is 1. The standard InChI is InChI=1S/C30H31ClF5N9O4/c1-42-21(18-13-44(23-7-29(23,32)33)41-24(18)30(34,35)36)9-38-25(42)26(47)39-14-2-5-17(19(31)6-14)27(48)45-15-3-4-16(45)12-43(11-15)28(49)40-20-8-37-10-22(20)46/h2,5-6,9,13,15-16,20,22-23,37,46H,3-4,7-8,10-12H2,1H3,(H,39,47)(H,40,49)/t15-,16+,20-,22-,23?/m0/s1. The highest BCUT2D eigenvalue weighted by Crippen LogP contribution is 2.53. The number of alkyl halides is 5. The Bertz CT molecular complexity index is 1820. The molecule has 3 aliphatic heterocycles. The van der Waals surface area contributed by atoms with Gasteiger partial charge in [0.05, 0.1) is 52.3 Å². The van der Waals surface area contributed by atoms with Crippen LogP contribution >= 0.6 is 11.6 Å². The van der Waals surface area contributed by atoms with Gasteiger partial charge in [-0.2, -0.15) is 18.3 Å². The SMILES string of the molecule is Cn1c(-c2cn(C3CC3(F)F)nc2C(F)(F)F)cnc1C(=O)Nc1ccc(C(=O)N2[C@@H]3CC[C@H]2CN(C(=O)N[C@H]2CNC[C@@H]2O)C3)c(Cl)c1. The molecule has 49 heavy (non-hydrogen) atoms. The van der Waals surface area contributed by atoms with E-state index in [4.69, 9.17) is 11.6 Å². The largest absolute Gasteiger partial charge is 0.435 e. The van der Waals surface area contributed by atoms with Crippen LogP contribution in [0.1, 0.15) is 52.0 Å². The molecule has 262 valence electrons. The van der Waals surface area contributed by atoms with Gasteiger partial charge in [-0.3, -0.25) is 14.3 Å². The quantitative estimate of drug-likeness (QED) is 0.287. The molecule has 0 spiro atoms. The first-order valence-corrected chi connectivity index (χ1v) is 15.9. The van der Waals surface area contributed by atoms with Gasteiger partial charge in [0.1, 0.15) is 6.04 Å². The maximum Gasteiger partial charge on any atom is 0.435 e. The highest BCUT2D eigenvalue weighted by Gasteiger charge is 2.59. The lowest BCUT2D eigenvalue weighted by Crippen LogP contribution is -2.60. The molecule has 2 bridgehead atoms. The number of hydrogen-bond donors (Lipinski definition) is 4. The summed E-state index contributed by atoms with van der Waals surface area (Å²) in [7, 11) is 1.31. The number of amides is 4. The van der Waals surface area contributed by atoms with Crippen molar-refractivity contribution in [1.29, 1.82) is 0 Å². The maximum atomic E-state index is 13.8. The molecule has 1 saturated carbocycles. The maximum absolute atomic E-state index is 13.8. The summed E-state index contributed by atoms with van der Waals surface area (Å²) in [6.07, 6.45) is -2.95. The van der Waals surface area contributed by atoms with Gasteiger partial charge in [-0.25, -0.2) is 18.6 Å². The molecule has 1 unspecified atom stereocenters. The van der Waals surface area contributed by atoms with Crippen molar-refractivity contribution in [2.75, 3.05) is 31.5 Å². The van der Waals surface area contributed by atoms with E-state index in [1.54, 1.807) is 9.80 Å². The first-order chi connectivity index (χ1) is 23.1. The molecule has 13 nitrogen and oxygen atoms in total. The van der Waals surface area contributed by atoms with Gasteiger partial charge in [-0.05, 0) is 31.0 Å².